The van der Waals surface area contributed by atoms with Gasteiger partial charge in [0, 0.05) is 0 Å². The minimum atomic E-state index is 0.521. The summed E-state index contributed by atoms with van der Waals surface area (Å²) in [6.45, 7) is 19.4. The van der Waals surface area contributed by atoms with Crippen molar-refractivity contribution in [3.05, 3.63) is 0 Å². The molecule has 0 saturated carbocycles. The maximum absolute atomic E-state index is 2.53. The number of hydrogen-bond acceptors (Lipinski definition) is 0. The van der Waals surface area contributed by atoms with Gasteiger partial charge in [0.25, 0.3) is 0 Å². The molecule has 0 rings (SSSR count). The van der Waals surface area contributed by atoms with Crippen molar-refractivity contribution in [2.45, 2.75) is 120 Å². The maximum Gasteiger partial charge on any atom is -0.0323 e. The first-order chi connectivity index (χ1) is 10.7. The molecule has 3 atom stereocenters. The molecule has 0 fully saturated rings. The van der Waals surface area contributed by atoms with Gasteiger partial charge in [0.2, 0.25) is 0 Å². The predicted octanol–water partition coefficient (Wildman–Crippen LogP) is 8.50. The highest BCUT2D eigenvalue weighted by Gasteiger charge is 2.31. The normalized spacial score (nSPS) is 16.6. The summed E-state index contributed by atoms with van der Waals surface area (Å²) in [5, 5.41) is 0. The molecule has 0 amide bonds. The molecule has 0 nitrogen and oxygen atoms in total. The topological polar surface area (TPSA) is 0 Å². The van der Waals surface area contributed by atoms with Crippen LogP contribution in [0.15, 0.2) is 0 Å². The van der Waals surface area contributed by atoms with Crippen LogP contribution in [-0.4, -0.2) is 0 Å². The van der Waals surface area contributed by atoms with Crippen LogP contribution in [0.3, 0.4) is 0 Å². The Kier molecular flexibility index (Phi) is 12.4. The average Bonchev–Trinajstić information content (AvgIpc) is 2.43. The molecular formula is C23H48. The van der Waals surface area contributed by atoms with Gasteiger partial charge in [-0.2, -0.15) is 0 Å². The third kappa shape index (κ3) is 10.5. The minimum Gasteiger partial charge on any atom is -0.0654 e. The van der Waals surface area contributed by atoms with Crippen molar-refractivity contribution in [3.63, 3.8) is 0 Å². The second kappa shape index (κ2) is 12.4. The van der Waals surface area contributed by atoms with Crippen molar-refractivity contribution in [1.82, 2.24) is 0 Å². The van der Waals surface area contributed by atoms with E-state index >= 15 is 0 Å². The van der Waals surface area contributed by atoms with E-state index in [1.165, 1.54) is 64.2 Å². The third-order valence-electron chi connectivity index (χ3n) is 6.02. The Morgan fingerprint density at radius 3 is 1.74 bits per heavy atom. The van der Waals surface area contributed by atoms with Gasteiger partial charge in [0.05, 0.1) is 0 Å². The highest BCUT2D eigenvalue weighted by atomic mass is 14.4. The van der Waals surface area contributed by atoms with Crippen LogP contribution in [0.25, 0.3) is 0 Å². The number of hydrogen-bond donors (Lipinski definition) is 0. The fraction of sp³-hybridized carbons (Fsp3) is 1.00. The van der Waals surface area contributed by atoms with Crippen LogP contribution in [0.1, 0.15) is 120 Å². The van der Waals surface area contributed by atoms with Crippen molar-refractivity contribution in [1.29, 1.82) is 0 Å². The number of rotatable bonds is 14. The van der Waals surface area contributed by atoms with Gasteiger partial charge >= 0.3 is 0 Å². The SMILES string of the molecule is CCCC(C(C)CCCC(C)CCCC(C)C)C(C)(C)CCC. The van der Waals surface area contributed by atoms with Crippen LogP contribution in [0.2, 0.25) is 0 Å². The van der Waals surface area contributed by atoms with E-state index in [0.717, 1.165) is 23.7 Å². The lowest BCUT2D eigenvalue weighted by Crippen LogP contribution is -2.29. The van der Waals surface area contributed by atoms with Crippen molar-refractivity contribution in [3.8, 4) is 0 Å². The van der Waals surface area contributed by atoms with Crippen molar-refractivity contribution < 1.29 is 0 Å². The summed E-state index contributed by atoms with van der Waals surface area (Å²) >= 11 is 0. The van der Waals surface area contributed by atoms with E-state index in [1.807, 2.05) is 0 Å². The van der Waals surface area contributed by atoms with E-state index in [4.69, 9.17) is 0 Å². The fourth-order valence-electron chi connectivity index (χ4n) is 4.59. The van der Waals surface area contributed by atoms with Crippen LogP contribution in [0.4, 0.5) is 0 Å². The van der Waals surface area contributed by atoms with Crippen molar-refractivity contribution in [2.75, 3.05) is 0 Å². The highest BCUT2D eigenvalue weighted by molar-refractivity contribution is 4.81. The van der Waals surface area contributed by atoms with Gasteiger partial charge in [-0.1, -0.05) is 107 Å². The van der Waals surface area contributed by atoms with E-state index in [0.29, 0.717) is 5.41 Å². The van der Waals surface area contributed by atoms with Crippen LogP contribution in [-0.2, 0) is 0 Å². The molecule has 0 aliphatic carbocycles. The summed E-state index contributed by atoms with van der Waals surface area (Å²) in [5.74, 6) is 3.59. The van der Waals surface area contributed by atoms with Gasteiger partial charge in [-0.15, -0.1) is 0 Å². The van der Waals surface area contributed by atoms with E-state index in [2.05, 4.69) is 55.4 Å². The van der Waals surface area contributed by atoms with Gasteiger partial charge in [-0.05, 0) is 41.9 Å². The molecule has 0 N–H and O–H groups in total. The van der Waals surface area contributed by atoms with Gasteiger partial charge in [0.15, 0.2) is 0 Å². The molecule has 0 aromatic heterocycles. The lowest BCUT2D eigenvalue weighted by Gasteiger charge is -2.39. The third-order valence-corrected chi connectivity index (χ3v) is 6.02. The first kappa shape index (κ1) is 23.0. The monoisotopic (exact) mass is 324 g/mol. The van der Waals surface area contributed by atoms with Gasteiger partial charge in [0.1, 0.15) is 0 Å². The van der Waals surface area contributed by atoms with Crippen molar-refractivity contribution >= 4 is 0 Å². The molecule has 3 unspecified atom stereocenters. The Morgan fingerprint density at radius 2 is 1.26 bits per heavy atom. The van der Waals surface area contributed by atoms with Crippen molar-refractivity contribution in [2.24, 2.45) is 29.1 Å². The summed E-state index contributed by atoms with van der Waals surface area (Å²) in [6, 6.07) is 0. The molecule has 140 valence electrons. The van der Waals surface area contributed by atoms with Crippen LogP contribution >= 0.6 is 0 Å². The Morgan fingerprint density at radius 1 is 0.696 bits per heavy atom. The molecule has 23 heavy (non-hydrogen) atoms. The van der Waals surface area contributed by atoms with Gasteiger partial charge in [-0.25, -0.2) is 0 Å². The molecule has 0 heteroatoms. The second-order valence-corrected chi connectivity index (χ2v) is 9.47. The molecule has 0 aromatic carbocycles. The van der Waals surface area contributed by atoms with Crippen LogP contribution in [0, 0.1) is 29.1 Å². The van der Waals surface area contributed by atoms with Gasteiger partial charge < -0.3 is 0 Å². The molecule has 0 saturated heterocycles. The predicted molar refractivity (Wildman–Crippen MR) is 108 cm³/mol. The molecule has 0 spiro atoms. The zero-order chi connectivity index (χ0) is 17.9. The molecule has 0 bridgehead atoms. The maximum atomic E-state index is 2.53. The first-order valence-corrected chi connectivity index (χ1v) is 10.7. The van der Waals surface area contributed by atoms with Gasteiger partial charge in [-0.3, -0.25) is 0 Å². The van der Waals surface area contributed by atoms with Crippen LogP contribution < -0.4 is 0 Å². The summed E-state index contributed by atoms with van der Waals surface area (Å²) in [4.78, 5) is 0. The highest BCUT2D eigenvalue weighted by Crippen LogP contribution is 2.41. The quantitative estimate of drug-likeness (QED) is 0.300. The Balaban J connectivity index is 4.19. The zero-order valence-electron chi connectivity index (χ0n) is 17.9. The minimum absolute atomic E-state index is 0.521. The molecule has 0 aliphatic rings. The lowest BCUT2D eigenvalue weighted by molar-refractivity contribution is 0.115. The summed E-state index contributed by atoms with van der Waals surface area (Å²) in [7, 11) is 0. The molecule has 0 radical (unpaired) electrons. The summed E-state index contributed by atoms with van der Waals surface area (Å²) in [6.07, 6.45) is 14.0. The Bertz CT molecular complexity index is 263. The standard InChI is InChI=1S/C23H48/c1-9-13-22(23(7,8)18-10-2)21(6)17-12-16-20(5)15-11-14-19(3)4/h19-22H,9-18H2,1-8H3. The smallest absolute Gasteiger partial charge is 0.0323 e. The first-order valence-electron chi connectivity index (χ1n) is 10.7. The van der Waals surface area contributed by atoms with E-state index in [-0.39, 0.29) is 0 Å². The summed E-state index contributed by atoms with van der Waals surface area (Å²) < 4.78 is 0. The van der Waals surface area contributed by atoms with E-state index in [9.17, 15) is 0 Å². The molecule has 0 heterocycles. The Hall–Kier alpha value is 0. The van der Waals surface area contributed by atoms with E-state index < -0.39 is 0 Å². The Labute approximate surface area is 149 Å². The van der Waals surface area contributed by atoms with E-state index in [1.54, 1.807) is 0 Å². The zero-order valence-corrected chi connectivity index (χ0v) is 17.9. The molecule has 0 aliphatic heterocycles. The van der Waals surface area contributed by atoms with Crippen LogP contribution in [0.5, 0.6) is 0 Å². The largest absolute Gasteiger partial charge is 0.0654 e. The average molecular weight is 325 g/mol. The summed E-state index contributed by atoms with van der Waals surface area (Å²) in [5.41, 5.74) is 0.521. The second-order valence-electron chi connectivity index (χ2n) is 9.47. The molecule has 0 aromatic rings. The lowest BCUT2D eigenvalue weighted by atomic mass is 9.67. The molecular weight excluding hydrogens is 276 g/mol. The fourth-order valence-corrected chi connectivity index (χ4v) is 4.59.